The molecule has 1 N–H and O–H groups in total. The predicted molar refractivity (Wildman–Crippen MR) is 109 cm³/mol. The molecule has 0 spiro atoms. The number of hydrogen-bond acceptors (Lipinski definition) is 4. The minimum atomic E-state index is -1.31. The van der Waals surface area contributed by atoms with E-state index < -0.39 is 40.3 Å². The van der Waals surface area contributed by atoms with Gasteiger partial charge in [0.25, 0.3) is 5.56 Å². The molecule has 0 fully saturated rings. The lowest BCUT2D eigenvalue weighted by Gasteiger charge is -2.34. The molecule has 30 heavy (non-hydrogen) atoms. The summed E-state index contributed by atoms with van der Waals surface area (Å²) in [4.78, 5) is 28.9. The summed E-state index contributed by atoms with van der Waals surface area (Å²) in [6.45, 7) is 4.90. The van der Waals surface area contributed by atoms with Crippen molar-refractivity contribution < 1.29 is 23.4 Å². The van der Waals surface area contributed by atoms with Gasteiger partial charge in [0.2, 0.25) is 0 Å². The molecule has 0 radical (unpaired) electrons. The Morgan fingerprint density at radius 2 is 1.90 bits per heavy atom. The molecule has 0 aliphatic rings. The summed E-state index contributed by atoms with van der Waals surface area (Å²) in [6.07, 6.45) is -0.0640. The Morgan fingerprint density at radius 3 is 2.50 bits per heavy atom. The van der Waals surface area contributed by atoms with Crippen molar-refractivity contribution in [3.8, 4) is 11.5 Å². The summed E-state index contributed by atoms with van der Waals surface area (Å²) in [5, 5.41) is 8.90. The number of fused-ring (bicyclic) bond motifs is 1. The number of carboxylic acid groups (broad SMARTS) is 1. The Hall–Kier alpha value is -3.20. The van der Waals surface area contributed by atoms with Gasteiger partial charge in [0.15, 0.2) is 23.1 Å². The van der Waals surface area contributed by atoms with Crippen molar-refractivity contribution in [3.05, 3.63) is 57.6 Å². The first-order chi connectivity index (χ1) is 13.9. The van der Waals surface area contributed by atoms with Crippen LogP contribution in [0, 0.1) is 11.6 Å². The molecule has 0 saturated heterocycles. The molecule has 3 aromatic rings. The molecule has 1 heterocycles. The molecule has 2 aromatic carbocycles. The van der Waals surface area contributed by atoms with Crippen LogP contribution in [0.5, 0.6) is 11.5 Å². The maximum Gasteiger partial charge on any atom is 0.412 e. The van der Waals surface area contributed by atoms with Crippen molar-refractivity contribution in [2.24, 2.45) is 7.05 Å². The first-order valence-corrected chi connectivity index (χ1v) is 9.14. The highest BCUT2D eigenvalue weighted by atomic mass is 35.5. The zero-order valence-corrected chi connectivity index (χ0v) is 17.3. The third kappa shape index (κ3) is 3.68. The SMILES string of the molecule is Cn1cnc2ccc(Oc3c(F)ccc(N(C(=O)O)C(C)(C)C)c3Cl)c(F)c2c1=O. The van der Waals surface area contributed by atoms with Gasteiger partial charge in [-0.3, -0.25) is 9.69 Å². The van der Waals surface area contributed by atoms with Crippen molar-refractivity contribution in [1.29, 1.82) is 0 Å². The number of benzene rings is 2. The maximum atomic E-state index is 15.0. The number of aromatic nitrogens is 2. The smallest absolute Gasteiger partial charge is 0.412 e. The number of hydrogen-bond donors (Lipinski definition) is 1. The molecule has 0 bridgehead atoms. The largest absolute Gasteiger partial charge is 0.465 e. The lowest BCUT2D eigenvalue weighted by molar-refractivity contribution is 0.195. The molecule has 10 heteroatoms. The summed E-state index contributed by atoms with van der Waals surface area (Å²) < 4.78 is 36.0. The average Bonchev–Trinajstić information content (AvgIpc) is 2.64. The van der Waals surface area contributed by atoms with Crippen LogP contribution >= 0.6 is 11.6 Å². The van der Waals surface area contributed by atoms with Gasteiger partial charge in [0.1, 0.15) is 10.4 Å². The minimum absolute atomic E-state index is 0.0353. The van der Waals surface area contributed by atoms with Crippen LogP contribution in [0.2, 0.25) is 5.02 Å². The van der Waals surface area contributed by atoms with Crippen LogP contribution in [-0.4, -0.2) is 26.3 Å². The lowest BCUT2D eigenvalue weighted by atomic mass is 10.1. The first-order valence-electron chi connectivity index (χ1n) is 8.76. The van der Waals surface area contributed by atoms with Crippen LogP contribution in [0.1, 0.15) is 20.8 Å². The lowest BCUT2D eigenvalue weighted by Crippen LogP contribution is -2.45. The third-order valence-electron chi connectivity index (χ3n) is 4.33. The zero-order valence-electron chi connectivity index (χ0n) is 16.5. The quantitative estimate of drug-likeness (QED) is 0.627. The Labute approximate surface area is 175 Å². The Morgan fingerprint density at radius 1 is 1.23 bits per heavy atom. The van der Waals surface area contributed by atoms with Crippen LogP contribution in [-0.2, 0) is 7.05 Å². The van der Waals surface area contributed by atoms with Gasteiger partial charge in [-0.1, -0.05) is 11.6 Å². The summed E-state index contributed by atoms with van der Waals surface area (Å²) in [5.74, 6) is -2.98. The Balaban J connectivity index is 2.17. The van der Waals surface area contributed by atoms with E-state index in [0.29, 0.717) is 0 Å². The molecule has 1 aromatic heterocycles. The summed E-state index contributed by atoms with van der Waals surface area (Å²) in [5.41, 5.74) is -1.48. The van der Waals surface area contributed by atoms with E-state index in [2.05, 4.69) is 4.98 Å². The van der Waals surface area contributed by atoms with Gasteiger partial charge in [-0.15, -0.1) is 0 Å². The van der Waals surface area contributed by atoms with E-state index in [4.69, 9.17) is 16.3 Å². The molecule has 7 nitrogen and oxygen atoms in total. The highest BCUT2D eigenvalue weighted by molar-refractivity contribution is 6.35. The number of anilines is 1. The van der Waals surface area contributed by atoms with Gasteiger partial charge in [-0.2, -0.15) is 0 Å². The average molecular weight is 438 g/mol. The van der Waals surface area contributed by atoms with Crippen LogP contribution in [0.25, 0.3) is 10.9 Å². The van der Waals surface area contributed by atoms with E-state index in [1.54, 1.807) is 20.8 Å². The van der Waals surface area contributed by atoms with E-state index in [0.717, 1.165) is 15.5 Å². The molecule has 0 aliphatic carbocycles. The van der Waals surface area contributed by atoms with Gasteiger partial charge >= 0.3 is 6.09 Å². The second kappa shape index (κ2) is 7.56. The fraction of sp³-hybridized carbons (Fsp3) is 0.250. The second-order valence-corrected chi connectivity index (χ2v) is 7.91. The standard InChI is InChI=1S/C20H18ClF2N3O4/c1-20(2,3)26(19(28)29)12-7-5-10(22)17(15(12)21)30-13-8-6-11-14(16(13)23)18(27)25(4)9-24-11/h5-9H,1-4H3,(H,28,29). The normalized spacial score (nSPS) is 11.6. The number of aryl methyl sites for hydroxylation is 1. The number of carbonyl (C=O) groups is 1. The summed E-state index contributed by atoms with van der Waals surface area (Å²) >= 11 is 6.27. The molecular weight excluding hydrogens is 420 g/mol. The number of rotatable bonds is 3. The first kappa shape index (κ1) is 21.5. The van der Waals surface area contributed by atoms with E-state index >= 15 is 0 Å². The van der Waals surface area contributed by atoms with Gasteiger partial charge in [-0.25, -0.2) is 18.6 Å². The predicted octanol–water partition coefficient (Wildman–Crippen LogP) is 4.94. The molecular formula is C20H18ClF2N3O4. The fourth-order valence-electron chi connectivity index (χ4n) is 2.96. The molecule has 1 amide bonds. The molecule has 3 rings (SSSR count). The molecule has 158 valence electrons. The van der Waals surface area contributed by atoms with Gasteiger partial charge in [0.05, 0.1) is 17.5 Å². The number of nitrogens with zero attached hydrogens (tertiary/aromatic N) is 3. The molecule has 0 saturated carbocycles. The van der Waals surface area contributed by atoms with Crippen LogP contribution in [0.4, 0.5) is 19.3 Å². The summed E-state index contributed by atoms with van der Waals surface area (Å²) in [7, 11) is 1.41. The topological polar surface area (TPSA) is 84.7 Å². The molecule has 0 aliphatic heterocycles. The van der Waals surface area contributed by atoms with Crippen LogP contribution < -0.4 is 15.2 Å². The highest BCUT2D eigenvalue weighted by Gasteiger charge is 2.31. The van der Waals surface area contributed by atoms with Crippen LogP contribution in [0.3, 0.4) is 0 Å². The van der Waals surface area contributed by atoms with Gasteiger partial charge < -0.3 is 14.4 Å². The van der Waals surface area contributed by atoms with Crippen LogP contribution in [0.15, 0.2) is 35.4 Å². The second-order valence-electron chi connectivity index (χ2n) is 7.53. The Kier molecular flexibility index (Phi) is 5.42. The highest BCUT2D eigenvalue weighted by Crippen LogP contribution is 2.42. The maximum absolute atomic E-state index is 15.0. The molecule has 0 unspecified atom stereocenters. The van der Waals surface area contributed by atoms with Crippen molar-refractivity contribution in [3.63, 3.8) is 0 Å². The van der Waals surface area contributed by atoms with E-state index in [-0.39, 0.29) is 21.6 Å². The van der Waals surface area contributed by atoms with Crippen molar-refractivity contribution in [1.82, 2.24) is 9.55 Å². The molecule has 0 atom stereocenters. The monoisotopic (exact) mass is 437 g/mol. The van der Waals surface area contributed by atoms with E-state index in [1.165, 1.54) is 31.6 Å². The fourth-order valence-corrected chi connectivity index (χ4v) is 3.24. The van der Waals surface area contributed by atoms with Crippen molar-refractivity contribution >= 4 is 34.3 Å². The van der Waals surface area contributed by atoms with Crippen molar-refractivity contribution in [2.75, 3.05) is 4.90 Å². The van der Waals surface area contributed by atoms with Crippen molar-refractivity contribution in [2.45, 2.75) is 26.3 Å². The number of halogens is 3. The van der Waals surface area contributed by atoms with Gasteiger partial charge in [0, 0.05) is 12.6 Å². The zero-order chi connectivity index (χ0) is 22.4. The number of ether oxygens (including phenoxy) is 1. The third-order valence-corrected chi connectivity index (χ3v) is 4.70. The minimum Gasteiger partial charge on any atom is -0.465 e. The van der Waals surface area contributed by atoms with E-state index in [9.17, 15) is 23.5 Å². The van der Waals surface area contributed by atoms with Gasteiger partial charge in [-0.05, 0) is 45.0 Å². The number of amides is 1. The summed E-state index contributed by atoms with van der Waals surface area (Å²) in [6, 6.07) is 4.70. The van der Waals surface area contributed by atoms with E-state index in [1.807, 2.05) is 0 Å². The Bertz CT molecular complexity index is 1220.